The van der Waals surface area contributed by atoms with E-state index in [1.165, 1.54) is 0 Å². The average Bonchev–Trinajstić information content (AvgIpc) is 4.05. The second-order valence-corrected chi connectivity index (χ2v) is 20.1. The van der Waals surface area contributed by atoms with Crippen molar-refractivity contribution < 1.29 is 0 Å². The Morgan fingerprint density at radius 1 is 0.350 bits per heavy atom. The molecular formula is C73H43N7. The molecule has 0 aliphatic rings. The molecule has 7 nitrogen and oxygen atoms in total. The highest BCUT2D eigenvalue weighted by molar-refractivity contribution is 6.15. The molecule has 0 aliphatic carbocycles. The first kappa shape index (κ1) is 48.1. The number of hydrogen-bond donors (Lipinski definition) is 0. The van der Waals surface area contributed by atoms with Crippen molar-refractivity contribution in [3.05, 3.63) is 275 Å². The van der Waals surface area contributed by atoms with E-state index in [1.54, 1.807) is 0 Å². The van der Waals surface area contributed by atoms with Gasteiger partial charge in [-0.2, -0.15) is 15.8 Å². The molecule has 370 valence electrons. The van der Waals surface area contributed by atoms with Crippen molar-refractivity contribution in [2.75, 3.05) is 0 Å². The maximum Gasteiger partial charge on any atom is 0.187 e. The summed E-state index contributed by atoms with van der Waals surface area (Å²) in [5, 5.41) is 34.9. The molecule has 0 bridgehead atoms. The summed E-state index contributed by atoms with van der Waals surface area (Å²) in [5.41, 5.74) is 22.3. The van der Waals surface area contributed by atoms with Crippen LogP contribution in [0.4, 0.5) is 11.4 Å². The van der Waals surface area contributed by atoms with Gasteiger partial charge in [0.1, 0.15) is 0 Å². The monoisotopic (exact) mass is 1020 g/mol. The van der Waals surface area contributed by atoms with Gasteiger partial charge in [-0.15, -0.1) is 0 Å². The van der Waals surface area contributed by atoms with Crippen molar-refractivity contribution in [1.82, 2.24) is 9.13 Å². The Labute approximate surface area is 462 Å². The zero-order valence-corrected chi connectivity index (χ0v) is 43.5. The van der Waals surface area contributed by atoms with Crippen LogP contribution in [0.3, 0.4) is 0 Å². The van der Waals surface area contributed by atoms with Crippen molar-refractivity contribution in [2.45, 2.75) is 13.8 Å². The third-order valence-corrected chi connectivity index (χ3v) is 15.5. The van der Waals surface area contributed by atoms with E-state index in [-0.39, 0.29) is 0 Å². The lowest BCUT2D eigenvalue weighted by atomic mass is 9.87. The van der Waals surface area contributed by atoms with Crippen LogP contribution in [0.15, 0.2) is 224 Å². The molecule has 0 spiro atoms. The molecule has 0 fully saturated rings. The predicted molar refractivity (Wildman–Crippen MR) is 324 cm³/mol. The van der Waals surface area contributed by atoms with Gasteiger partial charge in [-0.3, -0.25) is 0 Å². The number of benzene rings is 11. The van der Waals surface area contributed by atoms with E-state index in [0.29, 0.717) is 28.1 Å². The highest BCUT2D eigenvalue weighted by atomic mass is 15.0. The Bertz CT molecular complexity index is 4690. The lowest BCUT2D eigenvalue weighted by Crippen LogP contribution is -2.05. The molecular weight excluding hydrogens is 975 g/mol. The number of hydrogen-bond acceptors (Lipinski definition) is 3. The van der Waals surface area contributed by atoms with Crippen molar-refractivity contribution in [2.24, 2.45) is 0 Å². The molecule has 0 saturated heterocycles. The SMILES string of the molecule is [C-]#[N+]c1ccc(-c2ccc3c(c2)c2cc(-c4ccc(C#N)cc4)ccc2n3-c2cccc(C#N)c2-c2c(-c3ccc(C)cc3C)cccc2-n2c3ccc(-c4ccc(C#N)cc4)cc3c3cc(-c4ccc([N+]#[C-])cc4)ccc32)cc1. The summed E-state index contributed by atoms with van der Waals surface area (Å²) in [5.74, 6) is 0. The summed E-state index contributed by atoms with van der Waals surface area (Å²) in [7, 11) is 0. The second-order valence-electron chi connectivity index (χ2n) is 20.1. The van der Waals surface area contributed by atoms with Gasteiger partial charge < -0.3 is 9.13 Å². The number of aryl methyl sites for hydroxylation is 2. The molecule has 7 heteroatoms. The van der Waals surface area contributed by atoms with Crippen molar-refractivity contribution in [3.63, 3.8) is 0 Å². The summed E-state index contributed by atoms with van der Waals surface area (Å²) in [6.07, 6.45) is 0. The van der Waals surface area contributed by atoms with Crippen molar-refractivity contribution in [1.29, 1.82) is 15.8 Å². The zero-order chi connectivity index (χ0) is 54.6. The summed E-state index contributed by atoms with van der Waals surface area (Å²) >= 11 is 0. The van der Waals surface area contributed by atoms with E-state index in [2.05, 4.69) is 166 Å². The number of rotatable bonds is 8. The largest absolute Gasteiger partial charge is 0.309 e. The second kappa shape index (κ2) is 19.6. The van der Waals surface area contributed by atoms with Gasteiger partial charge in [0.2, 0.25) is 0 Å². The van der Waals surface area contributed by atoms with Gasteiger partial charge >= 0.3 is 0 Å². The lowest BCUT2D eigenvalue weighted by Gasteiger charge is -2.23. The number of aromatic nitrogens is 2. The summed E-state index contributed by atoms with van der Waals surface area (Å²) in [4.78, 5) is 7.29. The molecule has 11 aromatic carbocycles. The van der Waals surface area contributed by atoms with Crippen molar-refractivity contribution >= 4 is 55.0 Å². The lowest BCUT2D eigenvalue weighted by molar-refractivity contribution is 1.16. The van der Waals surface area contributed by atoms with Gasteiger partial charge in [0.15, 0.2) is 11.4 Å². The van der Waals surface area contributed by atoms with Crippen LogP contribution in [-0.4, -0.2) is 9.13 Å². The maximum atomic E-state index is 11.6. The fourth-order valence-electron chi connectivity index (χ4n) is 11.6. The van der Waals surface area contributed by atoms with Gasteiger partial charge in [-0.05, 0) is 166 Å². The average molecular weight is 1020 g/mol. The van der Waals surface area contributed by atoms with E-state index in [0.717, 1.165) is 133 Å². The number of nitrogens with zero attached hydrogens (tertiary/aromatic N) is 7. The molecule has 2 heterocycles. The molecule has 0 aliphatic heterocycles. The molecule has 13 aromatic rings. The minimum Gasteiger partial charge on any atom is -0.309 e. The van der Waals surface area contributed by atoms with E-state index in [4.69, 9.17) is 13.1 Å². The Hall–Kier alpha value is -11.5. The highest BCUT2D eigenvalue weighted by Crippen LogP contribution is 2.48. The van der Waals surface area contributed by atoms with Gasteiger partial charge in [0.05, 0.1) is 81.5 Å². The molecule has 2 aromatic heterocycles. The first-order valence-corrected chi connectivity index (χ1v) is 26.1. The molecule has 0 radical (unpaired) electrons. The predicted octanol–water partition coefficient (Wildman–Crippen LogP) is 19.2. The van der Waals surface area contributed by atoms with E-state index < -0.39 is 0 Å². The van der Waals surface area contributed by atoms with Crippen LogP contribution in [0, 0.1) is 61.0 Å². The maximum absolute atomic E-state index is 11.6. The van der Waals surface area contributed by atoms with Crippen LogP contribution in [-0.2, 0) is 0 Å². The highest BCUT2D eigenvalue weighted by Gasteiger charge is 2.27. The fourth-order valence-corrected chi connectivity index (χ4v) is 11.6. The third-order valence-electron chi connectivity index (χ3n) is 15.5. The molecule has 0 saturated carbocycles. The van der Waals surface area contributed by atoms with Crippen LogP contribution in [0.1, 0.15) is 27.8 Å². The Morgan fingerprint density at radius 3 is 1.10 bits per heavy atom. The first-order chi connectivity index (χ1) is 39.2. The van der Waals surface area contributed by atoms with Crippen LogP contribution in [0.2, 0.25) is 0 Å². The quantitative estimate of drug-likeness (QED) is 0.142. The summed E-state index contributed by atoms with van der Waals surface area (Å²) in [6, 6.07) is 83.2. The van der Waals surface area contributed by atoms with Gasteiger partial charge in [-0.1, -0.05) is 139 Å². The van der Waals surface area contributed by atoms with Crippen LogP contribution < -0.4 is 0 Å². The summed E-state index contributed by atoms with van der Waals surface area (Å²) in [6.45, 7) is 19.5. The van der Waals surface area contributed by atoms with Crippen LogP contribution in [0.25, 0.3) is 131 Å². The standard InChI is InChI=1S/C73H43N7/c1-45-11-32-60(46(2)37-45)61-8-6-10-71(80-68-35-25-54(50-18-14-48(43-75)15-19-50)39-64(68)65-41-56(27-36-69(65)80)52-22-30-59(78-4)31-23-52)73(61)72-57(44-76)7-5-9-70(72)79-66-33-24-53(49-16-12-47(42-74)13-17-49)38-62(66)63-40-55(26-34-67(63)79)51-20-28-58(77-3)29-21-51/h5-41H,1-2H3. The Morgan fingerprint density at radius 2 is 0.725 bits per heavy atom. The van der Waals surface area contributed by atoms with Gasteiger partial charge in [-0.25, -0.2) is 9.69 Å². The van der Waals surface area contributed by atoms with E-state index >= 15 is 0 Å². The van der Waals surface area contributed by atoms with Gasteiger partial charge in [0.25, 0.3) is 0 Å². The smallest absolute Gasteiger partial charge is 0.187 e. The Balaban J connectivity index is 1.12. The minimum absolute atomic E-state index is 0.510. The number of fused-ring (bicyclic) bond motifs is 6. The van der Waals surface area contributed by atoms with E-state index in [9.17, 15) is 15.8 Å². The van der Waals surface area contributed by atoms with Crippen LogP contribution in [0.5, 0.6) is 0 Å². The first-order valence-electron chi connectivity index (χ1n) is 26.1. The topological polar surface area (TPSA) is 90.0 Å². The van der Waals surface area contributed by atoms with Gasteiger partial charge in [0, 0.05) is 32.7 Å². The number of nitriles is 3. The molecule has 0 atom stereocenters. The zero-order valence-electron chi connectivity index (χ0n) is 43.5. The molecule has 13 rings (SSSR count). The minimum atomic E-state index is 0.510. The molecule has 0 amide bonds. The van der Waals surface area contributed by atoms with Crippen LogP contribution >= 0.6 is 0 Å². The third kappa shape index (κ3) is 8.11. The normalized spacial score (nSPS) is 11.1. The van der Waals surface area contributed by atoms with Crippen molar-refractivity contribution in [3.8, 4) is 96.3 Å². The summed E-state index contributed by atoms with van der Waals surface area (Å²) < 4.78 is 4.65. The molecule has 80 heavy (non-hydrogen) atoms. The Kier molecular flexibility index (Phi) is 11.8. The molecule has 0 N–H and O–H groups in total. The van der Waals surface area contributed by atoms with E-state index in [1.807, 2.05) is 109 Å². The fraction of sp³-hybridized carbons (Fsp3) is 0.0274. The molecule has 0 unspecified atom stereocenters.